The molecule has 1 aromatic rings. The van der Waals surface area contributed by atoms with Crippen molar-refractivity contribution in [1.29, 1.82) is 0 Å². The highest BCUT2D eigenvalue weighted by Crippen LogP contribution is 2.39. The first-order chi connectivity index (χ1) is 14.3. The zero-order chi connectivity index (χ0) is 20.3. The predicted molar refractivity (Wildman–Crippen MR) is 124 cm³/mol. The molecule has 0 saturated heterocycles. The Morgan fingerprint density at radius 3 is 1.41 bits per heavy atom. The third kappa shape index (κ3) is 7.37. The van der Waals surface area contributed by atoms with Crippen molar-refractivity contribution in [2.75, 3.05) is 0 Å². The summed E-state index contributed by atoms with van der Waals surface area (Å²) in [7, 11) is 0. The van der Waals surface area contributed by atoms with Gasteiger partial charge in [0.05, 0.1) is 11.4 Å². The van der Waals surface area contributed by atoms with Crippen molar-refractivity contribution in [2.24, 2.45) is 11.8 Å². The average molecular weight is 399 g/mol. The van der Waals surface area contributed by atoms with Gasteiger partial charge in [0.15, 0.2) is 0 Å². The van der Waals surface area contributed by atoms with E-state index in [9.17, 15) is 0 Å². The fourth-order valence-electron chi connectivity index (χ4n) is 5.82. The van der Waals surface area contributed by atoms with Crippen molar-refractivity contribution in [3.05, 3.63) is 23.5 Å². The fourth-order valence-corrected chi connectivity index (χ4v) is 5.82. The second-order valence-electron chi connectivity index (χ2n) is 10.2. The lowest BCUT2D eigenvalue weighted by atomic mass is 9.77. The average Bonchev–Trinajstić information content (AvgIpc) is 2.78. The van der Waals surface area contributed by atoms with Gasteiger partial charge in [-0.15, -0.1) is 0 Å². The van der Waals surface area contributed by atoms with Gasteiger partial charge in [-0.05, 0) is 75.3 Å². The van der Waals surface area contributed by atoms with E-state index >= 15 is 0 Å². The second-order valence-corrected chi connectivity index (χ2v) is 10.2. The molecule has 0 spiro atoms. The van der Waals surface area contributed by atoms with E-state index < -0.39 is 0 Å². The van der Waals surface area contributed by atoms with Crippen molar-refractivity contribution in [1.82, 2.24) is 10.2 Å². The van der Waals surface area contributed by atoms with Crippen LogP contribution in [-0.2, 0) is 0 Å². The number of hydrogen-bond donors (Lipinski definition) is 0. The molecule has 2 aliphatic rings. The molecule has 0 atom stereocenters. The summed E-state index contributed by atoms with van der Waals surface area (Å²) in [6, 6.07) is 4.64. The number of nitrogens with zero attached hydrogens (tertiary/aromatic N) is 2. The number of rotatable bonds is 11. The van der Waals surface area contributed by atoms with Crippen LogP contribution in [0.15, 0.2) is 12.1 Å². The SMILES string of the molecule is CCCCCC[C@H]1CC[C@H](c2ccc([C@H]3CC[C@H](CCCCC)CC3)nn2)CC1. The summed E-state index contributed by atoms with van der Waals surface area (Å²) in [5.74, 6) is 3.28. The Morgan fingerprint density at radius 1 is 0.586 bits per heavy atom. The van der Waals surface area contributed by atoms with E-state index in [-0.39, 0.29) is 0 Å². The first-order valence-electron chi connectivity index (χ1n) is 13.1. The third-order valence-electron chi connectivity index (χ3n) is 7.92. The van der Waals surface area contributed by atoms with E-state index in [1.807, 2.05) is 0 Å². The van der Waals surface area contributed by atoms with E-state index in [0.717, 1.165) is 11.8 Å². The quantitative estimate of drug-likeness (QED) is 0.349. The Hall–Kier alpha value is -0.920. The normalized spacial score (nSPS) is 27.8. The summed E-state index contributed by atoms with van der Waals surface area (Å²) in [4.78, 5) is 0. The summed E-state index contributed by atoms with van der Waals surface area (Å²) in [6.07, 6.45) is 23.7. The summed E-state index contributed by atoms with van der Waals surface area (Å²) in [5, 5.41) is 9.44. The molecule has 0 unspecified atom stereocenters. The van der Waals surface area contributed by atoms with Gasteiger partial charge in [0.2, 0.25) is 0 Å². The molecule has 164 valence electrons. The van der Waals surface area contributed by atoms with Crippen LogP contribution in [0.25, 0.3) is 0 Å². The van der Waals surface area contributed by atoms with Gasteiger partial charge in [0.1, 0.15) is 0 Å². The van der Waals surface area contributed by atoms with Gasteiger partial charge in [-0.2, -0.15) is 10.2 Å². The molecule has 1 aromatic heterocycles. The minimum Gasteiger partial charge on any atom is -0.155 e. The molecule has 2 nitrogen and oxygen atoms in total. The van der Waals surface area contributed by atoms with Crippen LogP contribution >= 0.6 is 0 Å². The van der Waals surface area contributed by atoms with Crippen molar-refractivity contribution in [3.63, 3.8) is 0 Å². The first-order valence-corrected chi connectivity index (χ1v) is 13.1. The minimum atomic E-state index is 0.665. The van der Waals surface area contributed by atoms with Gasteiger partial charge in [-0.25, -0.2) is 0 Å². The fraction of sp³-hybridized carbons (Fsp3) is 0.852. The Bertz CT molecular complexity index is 536. The Kier molecular flexibility index (Phi) is 9.97. The maximum Gasteiger partial charge on any atom is 0.0662 e. The maximum absolute atomic E-state index is 4.72. The molecule has 3 rings (SSSR count). The molecule has 0 N–H and O–H groups in total. The van der Waals surface area contributed by atoms with Crippen molar-refractivity contribution in [3.8, 4) is 0 Å². The maximum atomic E-state index is 4.72. The number of unbranched alkanes of at least 4 members (excludes halogenated alkanes) is 5. The minimum absolute atomic E-state index is 0.665. The van der Waals surface area contributed by atoms with Crippen molar-refractivity contribution < 1.29 is 0 Å². The summed E-state index contributed by atoms with van der Waals surface area (Å²) < 4.78 is 0. The molecule has 0 radical (unpaired) electrons. The summed E-state index contributed by atoms with van der Waals surface area (Å²) >= 11 is 0. The van der Waals surface area contributed by atoms with Crippen molar-refractivity contribution >= 4 is 0 Å². The lowest BCUT2D eigenvalue weighted by Crippen LogP contribution is -2.17. The zero-order valence-corrected chi connectivity index (χ0v) is 19.4. The van der Waals surface area contributed by atoms with Crippen LogP contribution in [0.4, 0.5) is 0 Å². The van der Waals surface area contributed by atoms with E-state index in [1.54, 1.807) is 0 Å². The smallest absolute Gasteiger partial charge is 0.0662 e. The summed E-state index contributed by atoms with van der Waals surface area (Å²) in [6.45, 7) is 4.61. The molecule has 2 fully saturated rings. The molecule has 2 aliphatic carbocycles. The van der Waals surface area contributed by atoms with E-state index in [4.69, 9.17) is 10.2 Å². The molecule has 0 aliphatic heterocycles. The molecular weight excluding hydrogens is 352 g/mol. The van der Waals surface area contributed by atoms with Crippen LogP contribution < -0.4 is 0 Å². The van der Waals surface area contributed by atoms with Crippen molar-refractivity contribution in [2.45, 2.75) is 135 Å². The van der Waals surface area contributed by atoms with Gasteiger partial charge in [0.25, 0.3) is 0 Å². The second kappa shape index (κ2) is 12.7. The lowest BCUT2D eigenvalue weighted by molar-refractivity contribution is 0.294. The topological polar surface area (TPSA) is 25.8 Å². The van der Waals surface area contributed by atoms with Crippen LogP contribution in [0.1, 0.15) is 146 Å². The highest BCUT2D eigenvalue weighted by Gasteiger charge is 2.25. The zero-order valence-electron chi connectivity index (χ0n) is 19.4. The number of hydrogen-bond acceptors (Lipinski definition) is 2. The summed E-state index contributed by atoms with van der Waals surface area (Å²) in [5.41, 5.74) is 2.54. The van der Waals surface area contributed by atoms with Crippen LogP contribution in [0.3, 0.4) is 0 Å². The van der Waals surface area contributed by atoms with Crippen LogP contribution in [0, 0.1) is 11.8 Å². The largest absolute Gasteiger partial charge is 0.155 e. The van der Waals surface area contributed by atoms with Gasteiger partial charge >= 0.3 is 0 Å². The Labute approximate surface area is 180 Å². The molecule has 1 heterocycles. The monoisotopic (exact) mass is 398 g/mol. The van der Waals surface area contributed by atoms with Gasteiger partial charge < -0.3 is 0 Å². The highest BCUT2D eigenvalue weighted by molar-refractivity contribution is 5.15. The van der Waals surface area contributed by atoms with Crippen LogP contribution in [0.5, 0.6) is 0 Å². The van der Waals surface area contributed by atoms with Gasteiger partial charge in [-0.1, -0.05) is 71.6 Å². The Balaban J connectivity index is 1.38. The van der Waals surface area contributed by atoms with E-state index in [2.05, 4.69) is 26.0 Å². The van der Waals surface area contributed by atoms with Gasteiger partial charge in [0, 0.05) is 11.8 Å². The third-order valence-corrected chi connectivity index (χ3v) is 7.92. The molecular formula is C27H46N2. The lowest BCUT2D eigenvalue weighted by Gasteiger charge is -2.29. The highest BCUT2D eigenvalue weighted by atomic mass is 15.1. The molecule has 0 amide bonds. The molecule has 2 saturated carbocycles. The van der Waals surface area contributed by atoms with E-state index in [1.165, 1.54) is 121 Å². The first kappa shape index (κ1) is 22.8. The molecule has 29 heavy (non-hydrogen) atoms. The van der Waals surface area contributed by atoms with Crippen LogP contribution in [0.2, 0.25) is 0 Å². The van der Waals surface area contributed by atoms with Crippen LogP contribution in [-0.4, -0.2) is 10.2 Å². The molecule has 0 aromatic carbocycles. The standard InChI is InChI=1S/C27H46N2/c1-3-5-7-9-11-23-14-18-25(19-15-23)27-21-20-26(28-29-27)24-16-12-22(13-17-24)10-8-6-4-2/h20-25H,3-19H2,1-2H3/t22-,23-,24-,25-. The Morgan fingerprint density at radius 2 is 1.00 bits per heavy atom. The molecule has 0 bridgehead atoms. The van der Waals surface area contributed by atoms with E-state index in [0.29, 0.717) is 11.8 Å². The number of aromatic nitrogens is 2. The molecule has 2 heteroatoms. The predicted octanol–water partition coefficient (Wildman–Crippen LogP) is 8.57. The van der Waals surface area contributed by atoms with Gasteiger partial charge in [-0.3, -0.25) is 0 Å².